The molecule has 0 amide bonds. The quantitative estimate of drug-likeness (QED) is 0.882. The van der Waals surface area contributed by atoms with E-state index < -0.39 is 5.97 Å². The molecule has 2 rings (SSSR count). The number of benzene rings is 1. The monoisotopic (exact) mass is 318 g/mol. The maximum absolute atomic E-state index is 10.5. The van der Waals surface area contributed by atoms with Crippen molar-refractivity contribution in [3.05, 3.63) is 52.4 Å². The largest absolute Gasteiger partial charge is 0.478 e. The van der Waals surface area contributed by atoms with E-state index in [1.54, 1.807) is 0 Å². The number of aryl methyl sites for hydroxylation is 1. The number of hydrogen-bond acceptors (Lipinski definition) is 3. The molecule has 0 radical (unpaired) electrons. The van der Waals surface area contributed by atoms with Crippen LogP contribution in [0.3, 0.4) is 0 Å². The Labute approximate surface area is 119 Å². The van der Waals surface area contributed by atoms with Gasteiger partial charge in [-0.2, -0.15) is 0 Å². The molecule has 0 atom stereocenters. The van der Waals surface area contributed by atoms with Crippen molar-refractivity contribution < 1.29 is 9.90 Å². The summed E-state index contributed by atoms with van der Waals surface area (Å²) in [5.41, 5.74) is 2.50. The Morgan fingerprint density at radius 3 is 2.79 bits per heavy atom. The highest BCUT2D eigenvalue weighted by molar-refractivity contribution is 9.10. The summed E-state index contributed by atoms with van der Waals surface area (Å²) in [6, 6.07) is 9.61. The molecule has 1 aromatic heterocycles. The molecule has 0 saturated heterocycles. The van der Waals surface area contributed by atoms with Gasteiger partial charge in [0.15, 0.2) is 5.82 Å². The summed E-state index contributed by atoms with van der Waals surface area (Å²) in [5, 5.41) is 8.62. The van der Waals surface area contributed by atoms with Crippen LogP contribution >= 0.6 is 15.9 Å². The van der Waals surface area contributed by atoms with Gasteiger partial charge < -0.3 is 5.11 Å². The zero-order chi connectivity index (χ0) is 13.8. The predicted octanol–water partition coefficient (Wildman–Crippen LogP) is 3.31. The van der Waals surface area contributed by atoms with E-state index in [9.17, 15) is 4.79 Å². The Bertz CT molecular complexity index is 654. The number of aliphatic carboxylic acids is 1. The van der Waals surface area contributed by atoms with Crippen molar-refractivity contribution in [2.75, 3.05) is 0 Å². The third-order valence-electron chi connectivity index (χ3n) is 2.37. The van der Waals surface area contributed by atoms with Crippen LogP contribution in [0.5, 0.6) is 0 Å². The van der Waals surface area contributed by atoms with Crippen LogP contribution in [0.1, 0.15) is 11.5 Å². The highest BCUT2D eigenvalue weighted by Crippen LogP contribution is 2.22. The summed E-state index contributed by atoms with van der Waals surface area (Å²) in [7, 11) is 0. The molecule has 2 aromatic rings. The average molecular weight is 319 g/mol. The molecule has 0 aliphatic carbocycles. The van der Waals surface area contributed by atoms with Crippen molar-refractivity contribution in [3.8, 4) is 11.3 Å². The minimum Gasteiger partial charge on any atom is -0.478 e. The molecule has 96 valence electrons. The Balaban J connectivity index is 2.44. The lowest BCUT2D eigenvalue weighted by atomic mass is 10.1. The molecule has 19 heavy (non-hydrogen) atoms. The van der Waals surface area contributed by atoms with Gasteiger partial charge >= 0.3 is 5.97 Å². The Morgan fingerprint density at radius 1 is 1.32 bits per heavy atom. The summed E-state index contributed by atoms with van der Waals surface area (Å²) >= 11 is 3.41. The highest BCUT2D eigenvalue weighted by Gasteiger charge is 2.04. The van der Waals surface area contributed by atoms with Gasteiger partial charge in [0.2, 0.25) is 0 Å². The smallest absolute Gasteiger partial charge is 0.328 e. The van der Waals surface area contributed by atoms with Gasteiger partial charge in [-0.3, -0.25) is 0 Å². The maximum Gasteiger partial charge on any atom is 0.328 e. The molecule has 0 aliphatic rings. The van der Waals surface area contributed by atoms with Gasteiger partial charge in [0.25, 0.3) is 0 Å². The first kappa shape index (κ1) is 13.4. The summed E-state index contributed by atoms with van der Waals surface area (Å²) in [5.74, 6) is -0.633. The third-order valence-corrected chi connectivity index (χ3v) is 2.86. The molecule has 0 spiro atoms. The number of hydrogen-bond donors (Lipinski definition) is 1. The summed E-state index contributed by atoms with van der Waals surface area (Å²) in [6.07, 6.45) is 2.41. The van der Waals surface area contributed by atoms with Crippen molar-refractivity contribution in [1.29, 1.82) is 0 Å². The third kappa shape index (κ3) is 3.72. The zero-order valence-corrected chi connectivity index (χ0v) is 11.8. The minimum absolute atomic E-state index is 0.386. The van der Waals surface area contributed by atoms with E-state index in [2.05, 4.69) is 25.9 Å². The number of carbonyl (C=O) groups is 1. The molecule has 0 bridgehead atoms. The standard InChI is InChI=1S/C14H11BrN2O2/c1-9-7-12(10-3-2-4-11(15)8-10)17-13(16-9)5-6-14(18)19/h2-8H,1H3,(H,18,19)/b6-5+. The topological polar surface area (TPSA) is 63.1 Å². The van der Waals surface area contributed by atoms with Gasteiger partial charge in [0.05, 0.1) is 5.69 Å². The Morgan fingerprint density at radius 2 is 2.11 bits per heavy atom. The molecule has 0 fully saturated rings. The van der Waals surface area contributed by atoms with Crippen molar-refractivity contribution in [3.63, 3.8) is 0 Å². The fourth-order valence-electron chi connectivity index (χ4n) is 1.61. The van der Waals surface area contributed by atoms with Gasteiger partial charge in [0, 0.05) is 21.8 Å². The van der Waals surface area contributed by atoms with Crippen molar-refractivity contribution in [2.24, 2.45) is 0 Å². The van der Waals surface area contributed by atoms with Crippen LogP contribution < -0.4 is 0 Å². The van der Waals surface area contributed by atoms with E-state index in [-0.39, 0.29) is 0 Å². The van der Waals surface area contributed by atoms with E-state index in [1.807, 2.05) is 37.3 Å². The SMILES string of the molecule is Cc1cc(-c2cccc(Br)c2)nc(/C=C/C(=O)O)n1. The second kappa shape index (κ2) is 5.75. The molecule has 4 nitrogen and oxygen atoms in total. The number of nitrogens with zero attached hydrogens (tertiary/aromatic N) is 2. The molecule has 1 heterocycles. The lowest BCUT2D eigenvalue weighted by Crippen LogP contribution is -1.95. The van der Waals surface area contributed by atoms with Crippen molar-refractivity contribution >= 4 is 28.0 Å². The number of halogens is 1. The fourth-order valence-corrected chi connectivity index (χ4v) is 2.01. The predicted molar refractivity (Wildman–Crippen MR) is 76.6 cm³/mol. The summed E-state index contributed by atoms with van der Waals surface area (Å²) in [6.45, 7) is 1.85. The van der Waals surface area contributed by atoms with Gasteiger partial charge in [0.1, 0.15) is 0 Å². The van der Waals surface area contributed by atoms with Crippen LogP contribution in [0.25, 0.3) is 17.3 Å². The Kier molecular flexibility index (Phi) is 4.06. The van der Waals surface area contributed by atoms with Gasteiger partial charge in [-0.05, 0) is 31.2 Å². The minimum atomic E-state index is -1.02. The molecule has 5 heteroatoms. The lowest BCUT2D eigenvalue weighted by molar-refractivity contribution is -0.131. The molecule has 1 N–H and O–H groups in total. The van der Waals surface area contributed by atoms with E-state index in [4.69, 9.17) is 5.11 Å². The molecule has 0 unspecified atom stereocenters. The Hall–Kier alpha value is -2.01. The molecule has 0 aliphatic heterocycles. The van der Waals surface area contributed by atoms with Crippen LogP contribution in [-0.2, 0) is 4.79 Å². The second-order valence-electron chi connectivity index (χ2n) is 3.93. The van der Waals surface area contributed by atoms with E-state index in [0.29, 0.717) is 5.82 Å². The van der Waals surface area contributed by atoms with E-state index in [1.165, 1.54) is 6.08 Å². The second-order valence-corrected chi connectivity index (χ2v) is 4.85. The van der Waals surface area contributed by atoms with Crippen molar-refractivity contribution in [1.82, 2.24) is 9.97 Å². The van der Waals surface area contributed by atoms with Crippen LogP contribution in [0.4, 0.5) is 0 Å². The van der Waals surface area contributed by atoms with Crippen LogP contribution in [-0.4, -0.2) is 21.0 Å². The number of rotatable bonds is 3. The van der Waals surface area contributed by atoms with E-state index in [0.717, 1.165) is 27.5 Å². The van der Waals surface area contributed by atoms with Gasteiger partial charge in [-0.15, -0.1) is 0 Å². The van der Waals surface area contributed by atoms with Gasteiger partial charge in [-0.1, -0.05) is 28.1 Å². The first-order valence-electron chi connectivity index (χ1n) is 5.57. The van der Waals surface area contributed by atoms with E-state index >= 15 is 0 Å². The van der Waals surface area contributed by atoms with Gasteiger partial charge in [-0.25, -0.2) is 14.8 Å². The average Bonchev–Trinajstić information content (AvgIpc) is 2.36. The highest BCUT2D eigenvalue weighted by atomic mass is 79.9. The normalized spacial score (nSPS) is 10.8. The summed E-state index contributed by atoms with van der Waals surface area (Å²) in [4.78, 5) is 19.0. The molecular formula is C14H11BrN2O2. The number of carboxylic acids is 1. The number of carboxylic acid groups (broad SMARTS) is 1. The fraction of sp³-hybridized carbons (Fsp3) is 0.0714. The zero-order valence-electron chi connectivity index (χ0n) is 10.2. The molecule has 1 aromatic carbocycles. The maximum atomic E-state index is 10.5. The first-order valence-corrected chi connectivity index (χ1v) is 6.36. The first-order chi connectivity index (χ1) is 9.04. The molecule has 0 saturated carbocycles. The number of aromatic nitrogens is 2. The van der Waals surface area contributed by atoms with Crippen LogP contribution in [0.2, 0.25) is 0 Å². The lowest BCUT2D eigenvalue weighted by Gasteiger charge is -2.04. The molecular weight excluding hydrogens is 308 g/mol. The summed E-state index contributed by atoms with van der Waals surface area (Å²) < 4.78 is 0.962. The van der Waals surface area contributed by atoms with Crippen molar-refractivity contribution in [2.45, 2.75) is 6.92 Å². The van der Waals surface area contributed by atoms with Crippen LogP contribution in [0, 0.1) is 6.92 Å². The van der Waals surface area contributed by atoms with Crippen LogP contribution in [0.15, 0.2) is 40.9 Å².